The van der Waals surface area contributed by atoms with Crippen molar-refractivity contribution in [2.45, 2.75) is 25.6 Å². The van der Waals surface area contributed by atoms with Crippen LogP contribution in [0.5, 0.6) is 0 Å². The second kappa shape index (κ2) is 6.00. The molecule has 0 aliphatic heterocycles. The Labute approximate surface area is 109 Å². The van der Waals surface area contributed by atoms with Crippen LogP contribution in [0.4, 0.5) is 0 Å². The highest BCUT2D eigenvalue weighted by Gasteiger charge is 2.13. The van der Waals surface area contributed by atoms with Crippen LogP contribution in [0.1, 0.15) is 29.9 Å². The SMILES string of the molecule is Cc1cc(=O)c(C(=O)NCC(Br)C(C)C)c[nH]1. The molecule has 0 saturated carbocycles. The monoisotopic (exact) mass is 300 g/mol. The minimum absolute atomic E-state index is 0.152. The second-order valence-electron chi connectivity index (χ2n) is 4.36. The number of nitrogens with one attached hydrogen (secondary N) is 2. The van der Waals surface area contributed by atoms with Gasteiger partial charge in [-0.3, -0.25) is 9.59 Å². The predicted octanol–water partition coefficient (Wildman–Crippen LogP) is 1.83. The summed E-state index contributed by atoms with van der Waals surface area (Å²) in [7, 11) is 0. The highest BCUT2D eigenvalue weighted by molar-refractivity contribution is 9.09. The fraction of sp³-hybridized carbons (Fsp3) is 0.500. The van der Waals surface area contributed by atoms with Gasteiger partial charge in [0.25, 0.3) is 5.91 Å². The summed E-state index contributed by atoms with van der Waals surface area (Å²) >= 11 is 3.47. The average molecular weight is 301 g/mol. The number of aromatic nitrogens is 1. The number of hydrogen-bond donors (Lipinski definition) is 2. The van der Waals surface area contributed by atoms with Crippen LogP contribution in [-0.4, -0.2) is 22.3 Å². The number of carbonyl (C=O) groups is 1. The van der Waals surface area contributed by atoms with E-state index in [-0.39, 0.29) is 21.7 Å². The summed E-state index contributed by atoms with van der Waals surface area (Å²) in [5, 5.41) is 2.73. The maximum absolute atomic E-state index is 11.8. The molecular weight excluding hydrogens is 284 g/mol. The second-order valence-corrected chi connectivity index (χ2v) is 5.54. The molecule has 1 unspecified atom stereocenters. The first kappa shape index (κ1) is 14.0. The summed E-state index contributed by atoms with van der Waals surface area (Å²) in [6.07, 6.45) is 1.45. The Bertz CT molecular complexity index is 454. The Morgan fingerprint density at radius 3 is 2.71 bits per heavy atom. The van der Waals surface area contributed by atoms with Gasteiger partial charge in [0.2, 0.25) is 0 Å². The molecule has 1 aromatic heterocycles. The molecule has 17 heavy (non-hydrogen) atoms. The van der Waals surface area contributed by atoms with E-state index in [4.69, 9.17) is 0 Å². The van der Waals surface area contributed by atoms with Crippen LogP contribution in [0.2, 0.25) is 0 Å². The number of rotatable bonds is 4. The molecule has 94 valence electrons. The average Bonchev–Trinajstić information content (AvgIpc) is 2.25. The normalized spacial score (nSPS) is 12.5. The smallest absolute Gasteiger partial charge is 0.256 e. The van der Waals surface area contributed by atoms with E-state index in [1.54, 1.807) is 6.92 Å². The van der Waals surface area contributed by atoms with Crippen molar-refractivity contribution >= 4 is 21.8 Å². The number of H-pyrrole nitrogens is 1. The van der Waals surface area contributed by atoms with E-state index >= 15 is 0 Å². The third kappa shape index (κ3) is 4.00. The zero-order chi connectivity index (χ0) is 13.0. The lowest BCUT2D eigenvalue weighted by atomic mass is 10.1. The zero-order valence-electron chi connectivity index (χ0n) is 10.2. The Hall–Kier alpha value is -1.10. The summed E-state index contributed by atoms with van der Waals surface area (Å²) in [5.41, 5.74) is 0.639. The van der Waals surface area contributed by atoms with Crippen molar-refractivity contribution in [3.05, 3.63) is 33.7 Å². The number of carbonyl (C=O) groups excluding carboxylic acids is 1. The molecule has 1 aromatic rings. The van der Waals surface area contributed by atoms with E-state index in [9.17, 15) is 9.59 Å². The van der Waals surface area contributed by atoms with Crippen LogP contribution in [0.25, 0.3) is 0 Å². The maximum Gasteiger partial charge on any atom is 0.256 e. The van der Waals surface area contributed by atoms with Crippen molar-refractivity contribution in [1.29, 1.82) is 0 Å². The van der Waals surface area contributed by atoms with E-state index in [1.807, 2.05) is 0 Å². The number of aromatic amines is 1. The molecule has 0 radical (unpaired) electrons. The topological polar surface area (TPSA) is 62.0 Å². The number of halogens is 1. The standard InChI is InChI=1S/C12H17BrN2O2/c1-7(2)10(13)6-15-12(17)9-5-14-8(3)4-11(9)16/h4-5,7,10H,6H2,1-3H3,(H,14,16)(H,15,17). The lowest BCUT2D eigenvalue weighted by Crippen LogP contribution is -2.34. The molecule has 0 aromatic carbocycles. The Kier molecular flexibility index (Phi) is 4.93. The first-order valence-corrected chi connectivity index (χ1v) is 6.45. The van der Waals surface area contributed by atoms with Gasteiger partial charge >= 0.3 is 0 Å². The molecule has 0 saturated heterocycles. The molecule has 1 amide bonds. The summed E-state index contributed by atoms with van der Waals surface area (Å²) in [5.74, 6) is 0.0861. The number of pyridine rings is 1. The van der Waals surface area contributed by atoms with Crippen molar-refractivity contribution in [3.63, 3.8) is 0 Å². The molecule has 5 heteroatoms. The van der Waals surface area contributed by atoms with Gasteiger partial charge in [0.15, 0.2) is 5.43 Å². The summed E-state index contributed by atoms with van der Waals surface area (Å²) < 4.78 is 0. The Morgan fingerprint density at radius 2 is 2.18 bits per heavy atom. The van der Waals surface area contributed by atoms with Gasteiger partial charge in [-0.1, -0.05) is 29.8 Å². The molecule has 0 aliphatic carbocycles. The van der Waals surface area contributed by atoms with Crippen LogP contribution in [0, 0.1) is 12.8 Å². The maximum atomic E-state index is 11.8. The van der Waals surface area contributed by atoms with Crippen LogP contribution in [-0.2, 0) is 0 Å². The Balaban J connectivity index is 2.68. The molecule has 4 nitrogen and oxygen atoms in total. The minimum atomic E-state index is -0.337. The zero-order valence-corrected chi connectivity index (χ0v) is 11.8. The van der Waals surface area contributed by atoms with E-state index in [2.05, 4.69) is 40.1 Å². The summed E-state index contributed by atoms with van der Waals surface area (Å²) in [6.45, 7) is 6.40. The van der Waals surface area contributed by atoms with Crippen molar-refractivity contribution in [3.8, 4) is 0 Å². The lowest BCUT2D eigenvalue weighted by Gasteiger charge is -2.14. The quantitative estimate of drug-likeness (QED) is 0.834. The highest BCUT2D eigenvalue weighted by atomic mass is 79.9. The molecule has 2 N–H and O–H groups in total. The van der Waals surface area contributed by atoms with Gasteiger partial charge < -0.3 is 10.3 Å². The van der Waals surface area contributed by atoms with Gasteiger partial charge in [0.05, 0.1) is 0 Å². The number of alkyl halides is 1. The fourth-order valence-corrected chi connectivity index (χ4v) is 1.43. The van der Waals surface area contributed by atoms with Gasteiger partial charge in [0.1, 0.15) is 5.56 Å². The van der Waals surface area contributed by atoms with Gasteiger partial charge in [-0.05, 0) is 12.8 Å². The summed E-state index contributed by atoms with van der Waals surface area (Å²) in [6, 6.07) is 1.42. The van der Waals surface area contributed by atoms with Gasteiger partial charge in [-0.2, -0.15) is 0 Å². The number of aryl methyl sites for hydroxylation is 1. The molecular formula is C12H17BrN2O2. The fourth-order valence-electron chi connectivity index (χ4n) is 1.27. The molecule has 1 rings (SSSR count). The third-order valence-corrected chi connectivity index (χ3v) is 3.86. The van der Waals surface area contributed by atoms with Crippen molar-refractivity contribution in [2.24, 2.45) is 5.92 Å². The first-order valence-electron chi connectivity index (χ1n) is 5.53. The van der Waals surface area contributed by atoms with E-state index in [0.717, 1.165) is 5.69 Å². The third-order valence-electron chi connectivity index (χ3n) is 2.48. The van der Waals surface area contributed by atoms with Crippen LogP contribution >= 0.6 is 15.9 Å². The highest BCUT2D eigenvalue weighted by Crippen LogP contribution is 2.10. The van der Waals surface area contributed by atoms with Crippen LogP contribution in [0.3, 0.4) is 0 Å². The minimum Gasteiger partial charge on any atom is -0.364 e. The van der Waals surface area contributed by atoms with Crippen molar-refractivity contribution in [2.75, 3.05) is 6.54 Å². The van der Waals surface area contributed by atoms with Crippen molar-refractivity contribution in [1.82, 2.24) is 10.3 Å². The van der Waals surface area contributed by atoms with Gasteiger partial charge in [-0.25, -0.2) is 0 Å². The predicted molar refractivity (Wildman–Crippen MR) is 71.7 cm³/mol. The van der Waals surface area contributed by atoms with Crippen LogP contribution in [0.15, 0.2) is 17.1 Å². The van der Waals surface area contributed by atoms with Crippen molar-refractivity contribution < 1.29 is 4.79 Å². The van der Waals surface area contributed by atoms with E-state index < -0.39 is 0 Å². The van der Waals surface area contributed by atoms with Gasteiger partial charge in [-0.15, -0.1) is 0 Å². The molecule has 0 fully saturated rings. The lowest BCUT2D eigenvalue weighted by molar-refractivity contribution is 0.0951. The molecule has 1 heterocycles. The van der Waals surface area contributed by atoms with Gasteiger partial charge in [0, 0.05) is 29.3 Å². The number of amides is 1. The molecule has 0 spiro atoms. The Morgan fingerprint density at radius 1 is 1.53 bits per heavy atom. The van der Waals surface area contributed by atoms with Crippen LogP contribution < -0.4 is 10.7 Å². The first-order chi connectivity index (χ1) is 7.91. The molecule has 0 aliphatic rings. The van der Waals surface area contributed by atoms with E-state index in [1.165, 1.54) is 12.3 Å². The largest absolute Gasteiger partial charge is 0.364 e. The molecule has 0 bridgehead atoms. The number of hydrogen-bond acceptors (Lipinski definition) is 2. The molecule has 1 atom stereocenters. The summed E-state index contributed by atoms with van der Waals surface area (Å²) in [4.78, 5) is 26.4. The van der Waals surface area contributed by atoms with E-state index in [0.29, 0.717) is 12.5 Å².